The van der Waals surface area contributed by atoms with Gasteiger partial charge in [-0.15, -0.1) is 0 Å². The summed E-state index contributed by atoms with van der Waals surface area (Å²) >= 11 is 15.6. The molecule has 4 nitrogen and oxygen atoms in total. The molecule has 0 saturated heterocycles. The number of alkyl halides is 20. The molecule has 0 atom stereocenters. The molecule has 0 aliphatic rings. The largest absolute Gasteiger partial charge is 0.460 e. The highest BCUT2D eigenvalue weighted by atomic mass is 35.6. The Bertz CT molecular complexity index is 1260. The molecule has 0 heterocycles. The second kappa shape index (κ2) is 10.2. The molecule has 0 aromatic heterocycles. The van der Waals surface area contributed by atoms with E-state index in [0.29, 0.717) is 12.1 Å². The summed E-state index contributed by atoms with van der Waals surface area (Å²) < 4.78 is 250. The maximum Gasteiger partial charge on any atom is 0.460 e. The molecular formula is C16H4Cl3F17O4S. The van der Waals surface area contributed by atoms with Gasteiger partial charge in [-0.1, -0.05) is 34.8 Å². The second-order valence-electron chi connectivity index (χ2n) is 7.35. The first kappa shape index (κ1) is 37.3. The van der Waals surface area contributed by atoms with Crippen LogP contribution in [0.3, 0.4) is 0 Å². The first-order valence-corrected chi connectivity index (χ1v) is 11.5. The van der Waals surface area contributed by atoms with E-state index in [1.807, 2.05) is 0 Å². The van der Waals surface area contributed by atoms with Crippen molar-refractivity contribution in [3.8, 4) is 5.75 Å². The standard InChI is InChI=1S/C16H4Cl3F17O4S/c17-8(18,19)7(37)5-1-3-6(4-2-5)40-41(38,39)16(35,36)14(30,31)12(26,27)10(22,23)9(20,21)11(24,25)13(28,29)15(32,33)34/h1-4H. The van der Waals surface area contributed by atoms with Gasteiger partial charge in [0.25, 0.3) is 3.79 Å². The fourth-order valence-corrected chi connectivity index (χ4v) is 3.55. The molecule has 238 valence electrons. The quantitative estimate of drug-likeness (QED) is 0.107. The molecule has 0 radical (unpaired) electrons. The number of hydrogen-bond acceptors (Lipinski definition) is 4. The molecule has 0 aliphatic carbocycles. The van der Waals surface area contributed by atoms with Gasteiger partial charge in [0.1, 0.15) is 5.75 Å². The Morgan fingerprint density at radius 3 is 1.20 bits per heavy atom. The minimum atomic E-state index is -8.97. The smallest absolute Gasteiger partial charge is 0.378 e. The minimum Gasteiger partial charge on any atom is -0.378 e. The predicted octanol–water partition coefficient (Wildman–Crippen LogP) is 7.92. The van der Waals surface area contributed by atoms with E-state index in [1.165, 1.54) is 0 Å². The molecular weight excluding hydrogens is 718 g/mol. The maximum absolute atomic E-state index is 14.0. The van der Waals surface area contributed by atoms with E-state index < -0.39 is 78.0 Å². The summed E-state index contributed by atoms with van der Waals surface area (Å²) in [6, 6.07) is 0.849. The van der Waals surface area contributed by atoms with Gasteiger partial charge in [0.05, 0.1) is 0 Å². The van der Waals surface area contributed by atoms with Crippen LogP contribution in [-0.4, -0.2) is 65.0 Å². The van der Waals surface area contributed by atoms with Crippen LogP contribution in [0.15, 0.2) is 24.3 Å². The van der Waals surface area contributed by atoms with E-state index in [-0.39, 0.29) is 12.1 Å². The predicted molar refractivity (Wildman–Crippen MR) is 101 cm³/mol. The average molecular weight is 722 g/mol. The van der Waals surface area contributed by atoms with Crippen LogP contribution in [0.2, 0.25) is 0 Å². The number of ketones is 1. The van der Waals surface area contributed by atoms with Gasteiger partial charge in [0.2, 0.25) is 5.78 Å². The zero-order chi connectivity index (χ0) is 33.3. The number of rotatable bonds is 10. The number of hydrogen-bond donors (Lipinski definition) is 0. The number of carbonyl (C=O) groups excluding carboxylic acids is 1. The molecule has 0 unspecified atom stereocenters. The Labute approximate surface area is 229 Å². The normalized spacial score (nSPS) is 15.6. The number of benzene rings is 1. The zero-order valence-corrected chi connectivity index (χ0v) is 21.0. The van der Waals surface area contributed by atoms with Crippen LogP contribution in [-0.2, 0) is 10.1 Å². The molecule has 0 fully saturated rings. The van der Waals surface area contributed by atoms with Crippen molar-refractivity contribution in [3.05, 3.63) is 29.8 Å². The fourth-order valence-electron chi connectivity index (χ4n) is 2.31. The molecule has 0 saturated carbocycles. The first-order valence-electron chi connectivity index (χ1n) is 8.96. The van der Waals surface area contributed by atoms with E-state index in [0.717, 1.165) is 0 Å². The van der Waals surface area contributed by atoms with Gasteiger partial charge in [-0.05, 0) is 24.3 Å². The first-order chi connectivity index (χ1) is 17.6. The highest BCUT2D eigenvalue weighted by Gasteiger charge is 2.96. The second-order valence-corrected chi connectivity index (χ2v) is 11.2. The minimum absolute atomic E-state index is 0.0794. The van der Waals surface area contributed by atoms with Crippen LogP contribution >= 0.6 is 34.8 Å². The molecule has 41 heavy (non-hydrogen) atoms. The van der Waals surface area contributed by atoms with Crippen LogP contribution < -0.4 is 4.18 Å². The number of halogens is 20. The van der Waals surface area contributed by atoms with Crippen LogP contribution in [0.1, 0.15) is 10.4 Å². The summed E-state index contributed by atoms with van der Waals surface area (Å²) in [6.45, 7) is 0. The summed E-state index contributed by atoms with van der Waals surface area (Å²) in [7, 11) is -7.83. The lowest BCUT2D eigenvalue weighted by atomic mass is 9.91. The van der Waals surface area contributed by atoms with Gasteiger partial charge >= 0.3 is 57.1 Å². The average Bonchev–Trinajstić information content (AvgIpc) is 2.76. The summed E-state index contributed by atoms with van der Waals surface area (Å²) in [5.74, 6) is -55.5. The lowest BCUT2D eigenvalue weighted by Gasteiger charge is -2.42. The van der Waals surface area contributed by atoms with Crippen LogP contribution in [0.4, 0.5) is 74.6 Å². The van der Waals surface area contributed by atoms with E-state index in [9.17, 15) is 87.8 Å². The van der Waals surface area contributed by atoms with Crippen molar-refractivity contribution < 1.29 is 92.0 Å². The zero-order valence-electron chi connectivity index (χ0n) is 17.9. The summed E-state index contributed by atoms with van der Waals surface area (Å²) in [5.41, 5.74) is -0.711. The Morgan fingerprint density at radius 2 is 0.878 bits per heavy atom. The van der Waals surface area contributed by atoms with Crippen molar-refractivity contribution in [1.82, 2.24) is 0 Å². The summed E-state index contributed by atoms with van der Waals surface area (Å²) in [6.07, 6.45) is -7.94. The van der Waals surface area contributed by atoms with Crippen LogP contribution in [0.5, 0.6) is 5.75 Å². The number of Topliss-reactive ketones (excluding diaryl/α,β-unsaturated/α-hetero) is 1. The van der Waals surface area contributed by atoms with Crippen LogP contribution in [0.25, 0.3) is 0 Å². The summed E-state index contributed by atoms with van der Waals surface area (Å²) in [4.78, 5) is 11.7. The van der Waals surface area contributed by atoms with Crippen molar-refractivity contribution in [3.63, 3.8) is 0 Å². The van der Waals surface area contributed by atoms with Crippen molar-refractivity contribution in [2.75, 3.05) is 0 Å². The third-order valence-corrected chi connectivity index (χ3v) is 6.40. The van der Waals surface area contributed by atoms with Gasteiger partial charge in [-0.2, -0.15) is 83.1 Å². The SMILES string of the molecule is O=C(c1ccc(OS(=O)(=O)C(F)(F)C(F)(F)C(F)(F)C(F)(F)C(F)(F)C(F)(F)C(F)(F)C(F)(F)F)cc1)C(Cl)(Cl)Cl. The van der Waals surface area contributed by atoms with Crippen molar-refractivity contribution in [2.24, 2.45) is 0 Å². The monoisotopic (exact) mass is 720 g/mol. The Morgan fingerprint density at radius 1 is 0.561 bits per heavy atom. The van der Waals surface area contributed by atoms with Crippen molar-refractivity contribution in [1.29, 1.82) is 0 Å². The number of carbonyl (C=O) groups is 1. The molecule has 1 aromatic carbocycles. The third kappa shape index (κ3) is 5.56. The molecule has 25 heteroatoms. The Kier molecular flexibility index (Phi) is 9.29. The van der Waals surface area contributed by atoms with E-state index >= 15 is 0 Å². The van der Waals surface area contributed by atoms with Gasteiger partial charge in [0, 0.05) is 5.56 Å². The highest BCUT2D eigenvalue weighted by molar-refractivity contribution is 7.88. The van der Waals surface area contributed by atoms with Gasteiger partial charge in [-0.25, -0.2) is 0 Å². The molecule has 0 spiro atoms. The Balaban J connectivity index is 3.61. The van der Waals surface area contributed by atoms with E-state index in [2.05, 4.69) is 4.18 Å². The fraction of sp³-hybridized carbons (Fsp3) is 0.562. The van der Waals surface area contributed by atoms with Gasteiger partial charge in [-0.3, -0.25) is 4.79 Å². The molecule has 0 aliphatic heterocycles. The topological polar surface area (TPSA) is 60.4 Å². The lowest BCUT2D eigenvalue weighted by molar-refractivity contribution is -0.458. The van der Waals surface area contributed by atoms with Crippen LogP contribution in [0, 0.1) is 0 Å². The third-order valence-electron chi connectivity index (χ3n) is 4.59. The Hall–Kier alpha value is -1.68. The molecule has 1 rings (SSSR count). The lowest BCUT2D eigenvalue weighted by Crippen LogP contribution is -2.75. The molecule has 0 bridgehead atoms. The maximum atomic E-state index is 14.0. The van der Waals surface area contributed by atoms with E-state index in [1.54, 1.807) is 0 Å². The van der Waals surface area contributed by atoms with E-state index in [4.69, 9.17) is 34.8 Å². The molecule has 1 aromatic rings. The summed E-state index contributed by atoms with van der Waals surface area (Å²) in [5, 5.41) is -7.86. The highest BCUT2D eigenvalue weighted by Crippen LogP contribution is 2.64. The van der Waals surface area contributed by atoms with Gasteiger partial charge < -0.3 is 4.18 Å². The van der Waals surface area contributed by atoms with Crippen molar-refractivity contribution >= 4 is 50.7 Å². The van der Waals surface area contributed by atoms with Crippen molar-refractivity contribution in [2.45, 2.75) is 50.8 Å². The molecule has 0 amide bonds. The van der Waals surface area contributed by atoms with Gasteiger partial charge in [0.15, 0.2) is 0 Å². The molecule has 0 N–H and O–H groups in total.